The van der Waals surface area contributed by atoms with E-state index in [2.05, 4.69) is 5.32 Å². The molecule has 2 rings (SSSR count). The van der Waals surface area contributed by atoms with Gasteiger partial charge in [-0.2, -0.15) is 0 Å². The van der Waals surface area contributed by atoms with Gasteiger partial charge in [-0.3, -0.25) is 0 Å². The van der Waals surface area contributed by atoms with Crippen LogP contribution in [-0.4, -0.2) is 6.54 Å². The second-order valence-electron chi connectivity index (χ2n) is 3.02. The Morgan fingerprint density at radius 1 is 1.50 bits per heavy atom. The predicted octanol–water partition coefficient (Wildman–Crippen LogP) is 2.16. The Kier molecular flexibility index (Phi) is 1.95. The fourth-order valence-corrected chi connectivity index (χ4v) is 1.89. The van der Waals surface area contributed by atoms with Gasteiger partial charge in [-0.15, -0.1) is 0 Å². The Morgan fingerprint density at radius 2 is 2.33 bits per heavy atom. The second-order valence-corrected chi connectivity index (χ2v) is 3.43. The smallest absolute Gasteiger partial charge is 0.0474 e. The molecule has 12 heavy (non-hydrogen) atoms. The Balaban J connectivity index is 2.53. The molecule has 0 amide bonds. The monoisotopic (exact) mass is 182 g/mol. The lowest BCUT2D eigenvalue weighted by molar-refractivity contribution is 0.655. The highest BCUT2D eigenvalue weighted by molar-refractivity contribution is 6.31. The van der Waals surface area contributed by atoms with Crippen molar-refractivity contribution in [1.29, 1.82) is 0 Å². The minimum absolute atomic E-state index is 0.0925. The number of halogens is 1. The third-order valence-electron chi connectivity index (χ3n) is 2.19. The van der Waals surface area contributed by atoms with Gasteiger partial charge in [-0.05, 0) is 18.6 Å². The van der Waals surface area contributed by atoms with Crippen LogP contribution in [-0.2, 0) is 0 Å². The van der Waals surface area contributed by atoms with Gasteiger partial charge in [0.15, 0.2) is 0 Å². The Hall–Kier alpha value is -0.730. The van der Waals surface area contributed by atoms with Crippen LogP contribution in [0.2, 0.25) is 5.02 Å². The summed E-state index contributed by atoms with van der Waals surface area (Å²) in [4.78, 5) is 0. The lowest BCUT2D eigenvalue weighted by Gasteiger charge is -2.24. The first-order valence-corrected chi connectivity index (χ1v) is 4.44. The lowest BCUT2D eigenvalue weighted by atomic mass is 9.99. The molecule has 1 aromatic rings. The van der Waals surface area contributed by atoms with Gasteiger partial charge in [0.1, 0.15) is 0 Å². The summed E-state index contributed by atoms with van der Waals surface area (Å²) in [7, 11) is 0. The molecule has 0 fully saturated rings. The maximum Gasteiger partial charge on any atom is 0.0474 e. The minimum atomic E-state index is 0.0925. The van der Waals surface area contributed by atoms with Crippen molar-refractivity contribution in [3.63, 3.8) is 0 Å². The molecule has 0 aromatic heterocycles. The van der Waals surface area contributed by atoms with Crippen LogP contribution in [0, 0.1) is 0 Å². The molecule has 64 valence electrons. The molecular formula is C9H11ClN2. The second kappa shape index (κ2) is 2.96. The Morgan fingerprint density at radius 3 is 3.08 bits per heavy atom. The number of rotatable bonds is 0. The fraction of sp³-hybridized carbons (Fsp3) is 0.333. The van der Waals surface area contributed by atoms with Crippen molar-refractivity contribution in [2.45, 2.75) is 12.5 Å². The number of fused-ring (bicyclic) bond motifs is 1. The normalized spacial score (nSPS) is 21.3. The third kappa shape index (κ3) is 1.17. The van der Waals surface area contributed by atoms with Crippen molar-refractivity contribution in [1.82, 2.24) is 0 Å². The van der Waals surface area contributed by atoms with Crippen LogP contribution in [0.5, 0.6) is 0 Å². The van der Waals surface area contributed by atoms with E-state index in [0.29, 0.717) is 0 Å². The number of hydrogen-bond donors (Lipinski definition) is 2. The minimum Gasteiger partial charge on any atom is -0.385 e. The molecule has 3 N–H and O–H groups in total. The van der Waals surface area contributed by atoms with Crippen LogP contribution in [0.1, 0.15) is 18.0 Å². The van der Waals surface area contributed by atoms with E-state index in [9.17, 15) is 0 Å². The van der Waals surface area contributed by atoms with Crippen molar-refractivity contribution in [2.75, 3.05) is 11.9 Å². The molecule has 1 aliphatic heterocycles. The zero-order chi connectivity index (χ0) is 8.55. The molecule has 3 heteroatoms. The molecule has 0 bridgehead atoms. The van der Waals surface area contributed by atoms with Gasteiger partial charge in [0.25, 0.3) is 0 Å². The number of anilines is 1. The zero-order valence-corrected chi connectivity index (χ0v) is 7.43. The SMILES string of the molecule is NC1CCNc2cccc(Cl)c21. The number of benzene rings is 1. The van der Waals surface area contributed by atoms with E-state index in [4.69, 9.17) is 17.3 Å². The van der Waals surface area contributed by atoms with Gasteiger partial charge in [0.05, 0.1) is 0 Å². The van der Waals surface area contributed by atoms with E-state index in [1.807, 2.05) is 18.2 Å². The summed E-state index contributed by atoms with van der Waals surface area (Å²) in [6.07, 6.45) is 0.955. The quantitative estimate of drug-likeness (QED) is 0.646. The number of hydrogen-bond acceptors (Lipinski definition) is 2. The average molecular weight is 183 g/mol. The molecule has 0 radical (unpaired) electrons. The lowest BCUT2D eigenvalue weighted by Crippen LogP contribution is -2.22. The van der Waals surface area contributed by atoms with E-state index >= 15 is 0 Å². The van der Waals surface area contributed by atoms with Crippen LogP contribution >= 0.6 is 11.6 Å². The molecular weight excluding hydrogens is 172 g/mol. The van der Waals surface area contributed by atoms with Gasteiger partial charge < -0.3 is 11.1 Å². The van der Waals surface area contributed by atoms with Crippen LogP contribution in [0.4, 0.5) is 5.69 Å². The highest BCUT2D eigenvalue weighted by atomic mass is 35.5. The summed E-state index contributed by atoms with van der Waals surface area (Å²) in [5.74, 6) is 0. The van der Waals surface area contributed by atoms with Crippen LogP contribution < -0.4 is 11.1 Å². The first kappa shape index (κ1) is 7.90. The molecule has 0 saturated heterocycles. The summed E-state index contributed by atoms with van der Waals surface area (Å²) in [6, 6.07) is 5.93. The van der Waals surface area contributed by atoms with Crippen molar-refractivity contribution >= 4 is 17.3 Å². The van der Waals surface area contributed by atoms with E-state index in [1.54, 1.807) is 0 Å². The van der Waals surface area contributed by atoms with Crippen LogP contribution in [0.25, 0.3) is 0 Å². The van der Waals surface area contributed by atoms with E-state index in [1.165, 1.54) is 0 Å². The van der Waals surface area contributed by atoms with Crippen molar-refractivity contribution < 1.29 is 0 Å². The molecule has 0 spiro atoms. The molecule has 0 aliphatic carbocycles. The first-order chi connectivity index (χ1) is 5.79. The summed E-state index contributed by atoms with van der Waals surface area (Å²) < 4.78 is 0. The van der Waals surface area contributed by atoms with Gasteiger partial charge in [0.2, 0.25) is 0 Å². The molecule has 2 nitrogen and oxygen atoms in total. The molecule has 1 atom stereocenters. The fourth-order valence-electron chi connectivity index (χ4n) is 1.57. The van der Waals surface area contributed by atoms with Crippen molar-refractivity contribution in [3.05, 3.63) is 28.8 Å². The summed E-state index contributed by atoms with van der Waals surface area (Å²) in [6.45, 7) is 0.939. The summed E-state index contributed by atoms with van der Waals surface area (Å²) >= 11 is 6.02. The summed E-state index contributed by atoms with van der Waals surface area (Å²) in [5, 5.41) is 4.04. The highest BCUT2D eigenvalue weighted by Crippen LogP contribution is 2.33. The predicted molar refractivity (Wildman–Crippen MR) is 51.5 cm³/mol. The van der Waals surface area contributed by atoms with Crippen molar-refractivity contribution in [3.8, 4) is 0 Å². The first-order valence-electron chi connectivity index (χ1n) is 4.07. The Bertz CT molecular complexity index is 299. The molecule has 0 saturated carbocycles. The standard InChI is InChI=1S/C9H11ClN2/c10-6-2-1-3-8-9(6)7(11)4-5-12-8/h1-3,7,12H,4-5,11H2. The van der Waals surface area contributed by atoms with Crippen LogP contribution in [0.15, 0.2) is 18.2 Å². The zero-order valence-electron chi connectivity index (χ0n) is 6.68. The largest absolute Gasteiger partial charge is 0.385 e. The molecule has 1 heterocycles. The number of nitrogens with one attached hydrogen (secondary N) is 1. The molecule has 1 unspecified atom stereocenters. The number of nitrogens with two attached hydrogens (primary N) is 1. The average Bonchev–Trinajstić information content (AvgIpc) is 2.04. The van der Waals surface area contributed by atoms with Gasteiger partial charge in [-0.1, -0.05) is 17.7 Å². The molecule has 1 aliphatic rings. The van der Waals surface area contributed by atoms with Crippen LogP contribution in [0.3, 0.4) is 0 Å². The highest BCUT2D eigenvalue weighted by Gasteiger charge is 2.18. The Labute approximate surface area is 76.7 Å². The van der Waals surface area contributed by atoms with E-state index < -0.39 is 0 Å². The van der Waals surface area contributed by atoms with E-state index in [0.717, 1.165) is 29.2 Å². The topological polar surface area (TPSA) is 38.0 Å². The van der Waals surface area contributed by atoms with Gasteiger partial charge in [0, 0.05) is 28.9 Å². The van der Waals surface area contributed by atoms with Gasteiger partial charge in [-0.25, -0.2) is 0 Å². The van der Waals surface area contributed by atoms with E-state index in [-0.39, 0.29) is 6.04 Å². The van der Waals surface area contributed by atoms with Crippen molar-refractivity contribution in [2.24, 2.45) is 5.73 Å². The third-order valence-corrected chi connectivity index (χ3v) is 2.52. The molecule has 1 aromatic carbocycles. The summed E-state index contributed by atoms with van der Waals surface area (Å²) in [5.41, 5.74) is 8.07. The maximum absolute atomic E-state index is 6.02. The maximum atomic E-state index is 6.02. The van der Waals surface area contributed by atoms with Gasteiger partial charge >= 0.3 is 0 Å².